The van der Waals surface area contributed by atoms with Gasteiger partial charge in [0, 0.05) is 28.2 Å². The molecule has 8 nitrogen and oxygen atoms in total. The van der Waals surface area contributed by atoms with Gasteiger partial charge in [0.25, 0.3) is 0 Å². The van der Waals surface area contributed by atoms with Crippen LogP contribution in [0.5, 0.6) is 0 Å². The molecule has 26 heavy (non-hydrogen) atoms. The van der Waals surface area contributed by atoms with Gasteiger partial charge < -0.3 is 26.2 Å². The van der Waals surface area contributed by atoms with Gasteiger partial charge in [-0.2, -0.15) is 0 Å². The number of rotatable bonds is 6. The van der Waals surface area contributed by atoms with Gasteiger partial charge in [-0.1, -0.05) is 0 Å². The van der Waals surface area contributed by atoms with Crippen LogP contribution in [0.4, 0.5) is 0 Å². The van der Waals surface area contributed by atoms with Crippen LogP contribution in [-0.2, 0) is 22.4 Å². The van der Waals surface area contributed by atoms with Gasteiger partial charge in [0.15, 0.2) is 0 Å². The lowest BCUT2D eigenvalue weighted by Crippen LogP contribution is -2.46. The molecule has 0 aliphatic heterocycles. The molecule has 1 aliphatic carbocycles. The quantitative estimate of drug-likeness (QED) is 0.514. The first kappa shape index (κ1) is 17.9. The van der Waals surface area contributed by atoms with Crippen molar-refractivity contribution in [3.63, 3.8) is 0 Å². The number of carbonyl (C=O) groups is 3. The van der Waals surface area contributed by atoms with E-state index in [0.29, 0.717) is 18.4 Å². The molecular formula is C18H21N3O5. The minimum absolute atomic E-state index is 0.181. The topological polar surface area (TPSA) is 146 Å². The minimum atomic E-state index is -1.12. The molecule has 0 saturated carbocycles. The molecule has 0 fully saturated rings. The Hall–Kier alpha value is -2.87. The molecule has 0 saturated heterocycles. The maximum Gasteiger partial charge on any atom is 0.307 e. The summed E-state index contributed by atoms with van der Waals surface area (Å²) in [7, 11) is 1.74. The van der Waals surface area contributed by atoms with Gasteiger partial charge in [-0.25, -0.2) is 0 Å². The number of hydrogen-bond acceptors (Lipinski definition) is 4. The fourth-order valence-corrected chi connectivity index (χ4v) is 3.96. The van der Waals surface area contributed by atoms with Crippen LogP contribution in [0.2, 0.25) is 0 Å². The number of nitrogens with two attached hydrogens (primary N) is 1. The predicted octanol–water partition coefficient (Wildman–Crippen LogP) is 0.745. The highest BCUT2D eigenvalue weighted by Crippen LogP contribution is 2.36. The van der Waals surface area contributed by atoms with Crippen LogP contribution in [-0.4, -0.2) is 46.1 Å². The van der Waals surface area contributed by atoms with Crippen LogP contribution in [0.3, 0.4) is 0 Å². The summed E-state index contributed by atoms with van der Waals surface area (Å²) >= 11 is 0. The predicted molar refractivity (Wildman–Crippen MR) is 93.9 cm³/mol. The maximum absolute atomic E-state index is 11.6. The van der Waals surface area contributed by atoms with Gasteiger partial charge in [-0.15, -0.1) is 0 Å². The second-order valence-corrected chi connectivity index (χ2v) is 6.72. The van der Waals surface area contributed by atoms with E-state index in [2.05, 4.69) is 10.3 Å². The number of fused-ring (bicyclic) bond motifs is 3. The van der Waals surface area contributed by atoms with E-state index in [4.69, 9.17) is 10.8 Å². The molecule has 3 unspecified atom stereocenters. The van der Waals surface area contributed by atoms with Crippen molar-refractivity contribution in [1.82, 2.24) is 10.3 Å². The summed E-state index contributed by atoms with van der Waals surface area (Å²) in [6.07, 6.45) is 0.549. The average molecular weight is 359 g/mol. The summed E-state index contributed by atoms with van der Waals surface area (Å²) in [4.78, 5) is 37.5. The van der Waals surface area contributed by atoms with Crippen molar-refractivity contribution in [3.8, 4) is 0 Å². The number of aromatic nitrogens is 1. The summed E-state index contributed by atoms with van der Waals surface area (Å²) in [5.74, 6) is -4.07. The van der Waals surface area contributed by atoms with E-state index in [1.54, 1.807) is 25.2 Å². The SMILES string of the molecule is CNC1Cc2c([nH]c3ccc(C(N)=O)cc23)CC1C(CC(=O)O)C(=O)O. The number of carbonyl (C=O) groups excluding carboxylic acids is 1. The molecule has 1 heterocycles. The molecule has 1 aromatic heterocycles. The van der Waals surface area contributed by atoms with E-state index in [1.165, 1.54) is 0 Å². The molecule has 3 rings (SSSR count). The lowest BCUT2D eigenvalue weighted by atomic mass is 9.74. The van der Waals surface area contributed by atoms with E-state index < -0.39 is 30.2 Å². The van der Waals surface area contributed by atoms with Gasteiger partial charge in [-0.05, 0) is 49.6 Å². The molecule has 0 radical (unpaired) electrons. The lowest BCUT2D eigenvalue weighted by Gasteiger charge is -2.34. The third kappa shape index (κ3) is 3.15. The van der Waals surface area contributed by atoms with Crippen molar-refractivity contribution < 1.29 is 24.6 Å². The van der Waals surface area contributed by atoms with Crippen LogP contribution in [0.25, 0.3) is 10.9 Å². The Kier molecular flexibility index (Phi) is 4.69. The zero-order valence-electron chi connectivity index (χ0n) is 14.3. The number of nitrogens with one attached hydrogen (secondary N) is 2. The number of carboxylic acid groups (broad SMARTS) is 2. The maximum atomic E-state index is 11.6. The van der Waals surface area contributed by atoms with Crippen molar-refractivity contribution in [3.05, 3.63) is 35.0 Å². The Bertz CT molecular complexity index is 888. The number of carboxylic acids is 2. The van der Waals surface area contributed by atoms with E-state index in [0.717, 1.165) is 22.2 Å². The number of H-pyrrole nitrogens is 1. The molecule has 1 amide bonds. The number of primary amides is 1. The Morgan fingerprint density at radius 1 is 1.31 bits per heavy atom. The molecule has 0 bridgehead atoms. The molecule has 3 atom stereocenters. The van der Waals surface area contributed by atoms with Crippen molar-refractivity contribution >= 4 is 28.7 Å². The first-order valence-electron chi connectivity index (χ1n) is 8.37. The third-order valence-electron chi connectivity index (χ3n) is 5.26. The summed E-state index contributed by atoms with van der Waals surface area (Å²) < 4.78 is 0. The van der Waals surface area contributed by atoms with Crippen LogP contribution in [0.15, 0.2) is 18.2 Å². The number of likely N-dealkylation sites (N-methyl/N-ethyl adjacent to an activating group) is 1. The van der Waals surface area contributed by atoms with Gasteiger partial charge in [-0.3, -0.25) is 14.4 Å². The van der Waals surface area contributed by atoms with Crippen LogP contribution in [0.1, 0.15) is 28.0 Å². The van der Waals surface area contributed by atoms with Crippen LogP contribution < -0.4 is 11.1 Å². The van der Waals surface area contributed by atoms with E-state index in [1.807, 2.05) is 0 Å². The molecule has 1 aliphatic rings. The average Bonchev–Trinajstić information content (AvgIpc) is 2.94. The molecule has 138 valence electrons. The van der Waals surface area contributed by atoms with Gasteiger partial charge in [0.2, 0.25) is 5.91 Å². The van der Waals surface area contributed by atoms with E-state index in [9.17, 15) is 19.5 Å². The normalized spacial score (nSPS) is 20.5. The first-order chi connectivity index (χ1) is 12.3. The first-order valence-corrected chi connectivity index (χ1v) is 8.37. The van der Waals surface area contributed by atoms with Crippen molar-refractivity contribution in [1.29, 1.82) is 0 Å². The van der Waals surface area contributed by atoms with E-state index >= 15 is 0 Å². The zero-order chi connectivity index (χ0) is 19.0. The highest BCUT2D eigenvalue weighted by molar-refractivity contribution is 5.98. The molecule has 6 N–H and O–H groups in total. The molecule has 2 aromatic rings. The Balaban J connectivity index is 2.03. The Morgan fingerprint density at radius 3 is 2.62 bits per heavy atom. The van der Waals surface area contributed by atoms with E-state index in [-0.39, 0.29) is 12.0 Å². The summed E-state index contributed by atoms with van der Waals surface area (Å²) in [6.45, 7) is 0. The second kappa shape index (κ2) is 6.80. The number of amides is 1. The molecular weight excluding hydrogens is 338 g/mol. The number of aliphatic carboxylic acids is 2. The largest absolute Gasteiger partial charge is 0.481 e. The fourth-order valence-electron chi connectivity index (χ4n) is 3.96. The minimum Gasteiger partial charge on any atom is -0.481 e. The highest BCUT2D eigenvalue weighted by atomic mass is 16.4. The second-order valence-electron chi connectivity index (χ2n) is 6.72. The monoisotopic (exact) mass is 359 g/mol. The Labute approximate surface area is 149 Å². The molecule has 0 spiro atoms. The van der Waals surface area contributed by atoms with Crippen molar-refractivity contribution in [2.45, 2.75) is 25.3 Å². The van der Waals surface area contributed by atoms with Gasteiger partial charge in [0.1, 0.15) is 0 Å². The number of hydrogen-bond donors (Lipinski definition) is 5. The van der Waals surface area contributed by atoms with Gasteiger partial charge in [0.05, 0.1) is 12.3 Å². The highest BCUT2D eigenvalue weighted by Gasteiger charge is 2.39. The zero-order valence-corrected chi connectivity index (χ0v) is 14.3. The standard InChI is InChI=1S/C18H21N3O5/c1-20-14-5-10-9-4-8(17(19)24)2-3-13(9)21-15(10)6-11(14)12(18(25)26)7-16(22)23/h2-4,11-12,14,20-21H,5-7H2,1H3,(H2,19,24)(H,22,23)(H,25,26). The summed E-state index contributed by atoms with van der Waals surface area (Å²) in [5.41, 5.74) is 8.52. The van der Waals surface area contributed by atoms with Crippen molar-refractivity contribution in [2.24, 2.45) is 17.6 Å². The lowest BCUT2D eigenvalue weighted by molar-refractivity contribution is -0.150. The van der Waals surface area contributed by atoms with Crippen LogP contribution >= 0.6 is 0 Å². The van der Waals surface area contributed by atoms with Crippen LogP contribution in [0, 0.1) is 11.8 Å². The van der Waals surface area contributed by atoms with Gasteiger partial charge >= 0.3 is 11.9 Å². The smallest absolute Gasteiger partial charge is 0.307 e. The van der Waals surface area contributed by atoms with Crippen molar-refractivity contribution in [2.75, 3.05) is 7.05 Å². The summed E-state index contributed by atoms with van der Waals surface area (Å²) in [5, 5.41) is 22.6. The Morgan fingerprint density at radius 2 is 2.04 bits per heavy atom. The third-order valence-corrected chi connectivity index (χ3v) is 5.26. The number of benzene rings is 1. The fraction of sp³-hybridized carbons (Fsp3) is 0.389. The summed E-state index contributed by atoms with van der Waals surface area (Å²) in [6, 6.07) is 4.98. The molecule has 1 aromatic carbocycles. The molecule has 8 heteroatoms. The number of aromatic amines is 1.